The largest absolute Gasteiger partial charge is 0.393 e. The number of hydrogen-bond donors (Lipinski definition) is 2. The molecule has 1 aliphatic heterocycles. The molecule has 0 saturated carbocycles. The van der Waals surface area contributed by atoms with Crippen LogP contribution in [0.15, 0.2) is 0 Å². The van der Waals surface area contributed by atoms with Crippen LogP contribution in [0.2, 0.25) is 0 Å². The van der Waals surface area contributed by atoms with Crippen molar-refractivity contribution < 1.29 is 23.0 Å². The van der Waals surface area contributed by atoms with Gasteiger partial charge in [-0.1, -0.05) is 0 Å². The summed E-state index contributed by atoms with van der Waals surface area (Å²) in [6.45, 7) is 2.45. The van der Waals surface area contributed by atoms with Crippen LogP contribution in [0.1, 0.15) is 12.8 Å². The minimum atomic E-state index is -4.12. The van der Waals surface area contributed by atoms with Gasteiger partial charge in [0.25, 0.3) is 0 Å². The van der Waals surface area contributed by atoms with Crippen LogP contribution in [0.5, 0.6) is 0 Å². The quantitative estimate of drug-likeness (QED) is 0.681. The Labute approximate surface area is 111 Å². The van der Waals surface area contributed by atoms with Gasteiger partial charge in [0, 0.05) is 33.3 Å². The van der Waals surface area contributed by atoms with Gasteiger partial charge in [-0.15, -0.1) is 0 Å². The zero-order valence-corrected chi connectivity index (χ0v) is 11.2. The summed E-state index contributed by atoms with van der Waals surface area (Å²) in [5.41, 5.74) is 0. The van der Waals surface area contributed by atoms with Crippen molar-refractivity contribution in [1.82, 2.24) is 10.2 Å². The lowest BCUT2D eigenvalue weighted by atomic mass is 9.97. The van der Waals surface area contributed by atoms with Crippen LogP contribution in [0, 0.1) is 5.92 Å². The number of rotatable bonds is 7. The van der Waals surface area contributed by atoms with E-state index < -0.39 is 18.2 Å². The molecule has 1 heterocycles. The van der Waals surface area contributed by atoms with Crippen molar-refractivity contribution in [2.45, 2.75) is 25.1 Å². The van der Waals surface area contributed by atoms with E-state index in [0.29, 0.717) is 32.7 Å². The number of aliphatic hydroxyl groups excluding tert-OH is 1. The summed E-state index contributed by atoms with van der Waals surface area (Å²) in [6, 6.07) is 0. The van der Waals surface area contributed by atoms with Crippen molar-refractivity contribution >= 4 is 0 Å². The minimum absolute atomic E-state index is 0.00136. The van der Waals surface area contributed by atoms with E-state index in [-0.39, 0.29) is 19.5 Å². The van der Waals surface area contributed by atoms with Crippen LogP contribution in [0.25, 0.3) is 0 Å². The second-order valence-electron chi connectivity index (χ2n) is 4.99. The first kappa shape index (κ1) is 16.7. The summed E-state index contributed by atoms with van der Waals surface area (Å²) in [4.78, 5) is 1.70. The highest BCUT2D eigenvalue weighted by Crippen LogP contribution is 2.32. The molecular weight excluding hydrogens is 261 g/mol. The topological polar surface area (TPSA) is 44.7 Å². The minimum Gasteiger partial charge on any atom is -0.390 e. The van der Waals surface area contributed by atoms with Gasteiger partial charge in [0.1, 0.15) is 0 Å². The van der Waals surface area contributed by atoms with E-state index in [1.54, 1.807) is 12.0 Å². The molecule has 1 aliphatic rings. The smallest absolute Gasteiger partial charge is 0.390 e. The Hall–Kier alpha value is -0.370. The van der Waals surface area contributed by atoms with Crippen molar-refractivity contribution in [3.05, 3.63) is 0 Å². The second kappa shape index (κ2) is 8.04. The number of ether oxygens (including phenoxy) is 1. The monoisotopic (exact) mass is 284 g/mol. The average molecular weight is 284 g/mol. The molecule has 0 amide bonds. The van der Waals surface area contributed by atoms with E-state index in [9.17, 15) is 18.3 Å². The standard InChI is InChI=1S/C12H23F3N2O2/c1-19-6-4-16-7-11(18)9-17-5-2-3-10(8-17)12(13,14)15/h10-11,16,18H,2-9H2,1H3. The number of methoxy groups -OCH3 is 1. The zero-order valence-electron chi connectivity index (χ0n) is 11.2. The maximum atomic E-state index is 12.6. The first-order chi connectivity index (χ1) is 8.93. The first-order valence-electron chi connectivity index (χ1n) is 6.60. The fraction of sp³-hybridized carbons (Fsp3) is 1.00. The van der Waals surface area contributed by atoms with E-state index in [2.05, 4.69) is 5.32 Å². The van der Waals surface area contributed by atoms with Gasteiger partial charge >= 0.3 is 6.18 Å². The normalized spacial score (nSPS) is 23.5. The van der Waals surface area contributed by atoms with Crippen LogP contribution >= 0.6 is 0 Å². The van der Waals surface area contributed by atoms with Gasteiger partial charge in [0.05, 0.1) is 18.6 Å². The molecule has 2 N–H and O–H groups in total. The Morgan fingerprint density at radius 2 is 2.21 bits per heavy atom. The first-order valence-corrected chi connectivity index (χ1v) is 6.60. The Morgan fingerprint density at radius 3 is 2.84 bits per heavy atom. The molecule has 114 valence electrons. The molecule has 0 aromatic heterocycles. The molecule has 2 unspecified atom stereocenters. The fourth-order valence-electron chi connectivity index (χ4n) is 2.29. The van der Waals surface area contributed by atoms with Gasteiger partial charge in [-0.2, -0.15) is 13.2 Å². The summed E-state index contributed by atoms with van der Waals surface area (Å²) >= 11 is 0. The van der Waals surface area contributed by atoms with Crippen molar-refractivity contribution in [2.75, 3.05) is 46.4 Å². The van der Waals surface area contributed by atoms with Crippen molar-refractivity contribution in [3.63, 3.8) is 0 Å². The number of alkyl halides is 3. The Morgan fingerprint density at radius 1 is 1.47 bits per heavy atom. The summed E-state index contributed by atoms with van der Waals surface area (Å²) in [5, 5.41) is 12.8. The van der Waals surface area contributed by atoms with Crippen molar-refractivity contribution in [2.24, 2.45) is 5.92 Å². The number of nitrogens with one attached hydrogen (secondary N) is 1. The molecule has 4 nitrogen and oxygen atoms in total. The molecule has 1 rings (SSSR count). The molecule has 1 fully saturated rings. The zero-order chi connectivity index (χ0) is 14.3. The molecule has 7 heteroatoms. The highest BCUT2D eigenvalue weighted by molar-refractivity contribution is 4.79. The molecule has 0 aliphatic carbocycles. The van der Waals surface area contributed by atoms with E-state index in [4.69, 9.17) is 4.74 Å². The summed E-state index contributed by atoms with van der Waals surface area (Å²) < 4.78 is 42.7. The lowest BCUT2D eigenvalue weighted by Crippen LogP contribution is -2.46. The molecule has 0 radical (unpaired) electrons. The molecule has 1 saturated heterocycles. The number of hydrogen-bond acceptors (Lipinski definition) is 4. The van der Waals surface area contributed by atoms with Gasteiger partial charge < -0.3 is 20.1 Å². The maximum Gasteiger partial charge on any atom is 0.393 e. The predicted octanol–water partition coefficient (Wildman–Crippen LogP) is 0.858. The lowest BCUT2D eigenvalue weighted by molar-refractivity contribution is -0.187. The van der Waals surface area contributed by atoms with Crippen LogP contribution in [-0.2, 0) is 4.74 Å². The fourth-order valence-corrected chi connectivity index (χ4v) is 2.29. The Balaban J connectivity index is 2.24. The molecule has 2 atom stereocenters. The Bertz CT molecular complexity index is 252. The number of halogens is 3. The average Bonchev–Trinajstić information content (AvgIpc) is 2.34. The van der Waals surface area contributed by atoms with E-state index in [1.165, 1.54) is 0 Å². The van der Waals surface area contributed by atoms with E-state index in [1.807, 2.05) is 0 Å². The third-order valence-electron chi connectivity index (χ3n) is 3.30. The van der Waals surface area contributed by atoms with Gasteiger partial charge in [-0.25, -0.2) is 0 Å². The number of likely N-dealkylation sites (tertiary alicyclic amines) is 1. The van der Waals surface area contributed by atoms with Crippen LogP contribution in [-0.4, -0.2) is 68.7 Å². The number of nitrogens with zero attached hydrogens (tertiary/aromatic N) is 1. The highest BCUT2D eigenvalue weighted by atomic mass is 19.4. The number of piperidine rings is 1. The summed E-state index contributed by atoms with van der Waals surface area (Å²) in [5.74, 6) is -1.25. The third-order valence-corrected chi connectivity index (χ3v) is 3.30. The van der Waals surface area contributed by atoms with Crippen LogP contribution < -0.4 is 5.32 Å². The molecule has 0 aromatic carbocycles. The van der Waals surface area contributed by atoms with E-state index in [0.717, 1.165) is 0 Å². The van der Waals surface area contributed by atoms with Gasteiger partial charge in [0.2, 0.25) is 0 Å². The summed E-state index contributed by atoms with van der Waals surface area (Å²) in [7, 11) is 1.59. The highest BCUT2D eigenvalue weighted by Gasteiger charge is 2.41. The second-order valence-corrected chi connectivity index (χ2v) is 4.99. The number of aliphatic hydroxyl groups is 1. The van der Waals surface area contributed by atoms with Crippen molar-refractivity contribution in [3.8, 4) is 0 Å². The maximum absolute atomic E-state index is 12.6. The summed E-state index contributed by atoms with van der Waals surface area (Å²) in [6.07, 6.45) is -4.04. The van der Waals surface area contributed by atoms with Crippen LogP contribution in [0.4, 0.5) is 13.2 Å². The van der Waals surface area contributed by atoms with Gasteiger partial charge in [0.15, 0.2) is 0 Å². The van der Waals surface area contributed by atoms with Crippen LogP contribution in [0.3, 0.4) is 0 Å². The third kappa shape index (κ3) is 6.56. The molecular formula is C12H23F3N2O2. The molecule has 0 spiro atoms. The number of β-amino-alcohol motifs (C(OH)–C–C–N with tert-alkyl or cyclic N) is 1. The van der Waals surface area contributed by atoms with Gasteiger partial charge in [-0.3, -0.25) is 0 Å². The van der Waals surface area contributed by atoms with Crippen molar-refractivity contribution in [1.29, 1.82) is 0 Å². The van der Waals surface area contributed by atoms with Gasteiger partial charge in [-0.05, 0) is 19.4 Å². The molecule has 0 bridgehead atoms. The predicted molar refractivity (Wildman–Crippen MR) is 66.0 cm³/mol. The Kier molecular flexibility index (Phi) is 7.06. The lowest BCUT2D eigenvalue weighted by Gasteiger charge is -2.34. The van der Waals surface area contributed by atoms with E-state index >= 15 is 0 Å². The SMILES string of the molecule is COCCNCC(O)CN1CCCC(C(F)(F)F)C1. The molecule has 19 heavy (non-hydrogen) atoms. The molecule has 0 aromatic rings.